The van der Waals surface area contributed by atoms with E-state index in [2.05, 4.69) is 25.7 Å². The Labute approximate surface area is 97.8 Å². The predicted molar refractivity (Wildman–Crippen MR) is 72.3 cm³/mol. The predicted octanol–water partition coefficient (Wildman–Crippen LogP) is 2.76. The molecule has 2 heteroatoms. The van der Waals surface area contributed by atoms with E-state index in [1.54, 1.807) is 5.57 Å². The molecule has 0 saturated carbocycles. The molecule has 1 aliphatic rings. The van der Waals surface area contributed by atoms with Gasteiger partial charge in [0.15, 0.2) is 0 Å². The molecule has 0 aromatic carbocycles. The van der Waals surface area contributed by atoms with Gasteiger partial charge in [-0.2, -0.15) is 0 Å². The summed E-state index contributed by atoms with van der Waals surface area (Å²) in [7, 11) is 0.0828. The van der Waals surface area contributed by atoms with Crippen molar-refractivity contribution in [2.75, 3.05) is 19.6 Å². The Morgan fingerprint density at radius 1 is 1.13 bits per heavy atom. The molecule has 88 valence electrons. The SMILES string of the molecule is CCCC(CCC)=C(C)[SiH2]CCN1CC1. The molecule has 15 heavy (non-hydrogen) atoms. The van der Waals surface area contributed by atoms with Crippen LogP contribution in [0.5, 0.6) is 0 Å². The van der Waals surface area contributed by atoms with Crippen molar-refractivity contribution >= 4 is 9.52 Å². The monoisotopic (exact) mass is 225 g/mol. The van der Waals surface area contributed by atoms with Crippen LogP contribution in [0.15, 0.2) is 10.8 Å². The lowest BCUT2D eigenvalue weighted by Gasteiger charge is -2.10. The highest BCUT2D eigenvalue weighted by Crippen LogP contribution is 2.17. The summed E-state index contributed by atoms with van der Waals surface area (Å²) in [5, 5.41) is 1.82. The van der Waals surface area contributed by atoms with Gasteiger partial charge >= 0.3 is 0 Å². The standard InChI is InChI=1S/C13H27NSi/c1-4-6-13(7-5-2)12(3)15-11-10-14-8-9-14/h4-11,15H2,1-3H3. The van der Waals surface area contributed by atoms with Gasteiger partial charge in [-0.15, -0.1) is 0 Å². The second kappa shape index (κ2) is 7.23. The van der Waals surface area contributed by atoms with Crippen molar-refractivity contribution in [2.24, 2.45) is 0 Å². The maximum absolute atomic E-state index is 2.56. The highest BCUT2D eigenvalue weighted by Gasteiger charge is 2.15. The smallest absolute Gasteiger partial charge is 0.0504 e. The molecular weight excluding hydrogens is 198 g/mol. The third kappa shape index (κ3) is 5.52. The summed E-state index contributed by atoms with van der Waals surface area (Å²) in [6, 6.07) is 1.50. The fraction of sp³-hybridized carbons (Fsp3) is 0.846. The average molecular weight is 225 g/mol. The topological polar surface area (TPSA) is 3.01 Å². The molecule has 0 bridgehead atoms. The maximum atomic E-state index is 2.56. The number of allylic oxidation sites excluding steroid dienone is 2. The molecule has 0 aromatic rings. The number of rotatable bonds is 8. The minimum absolute atomic E-state index is 0.0828. The van der Waals surface area contributed by atoms with E-state index >= 15 is 0 Å². The van der Waals surface area contributed by atoms with Crippen molar-refractivity contribution in [1.82, 2.24) is 4.90 Å². The quantitative estimate of drug-likeness (QED) is 0.453. The lowest BCUT2D eigenvalue weighted by molar-refractivity contribution is 0.593. The number of nitrogens with zero attached hydrogens (tertiary/aromatic N) is 1. The maximum Gasteiger partial charge on any atom is 0.0504 e. The molecular formula is C13H27NSi. The van der Waals surface area contributed by atoms with Crippen molar-refractivity contribution in [2.45, 2.75) is 52.5 Å². The largest absolute Gasteiger partial charge is 0.301 e. The zero-order valence-electron chi connectivity index (χ0n) is 10.8. The Hall–Kier alpha value is -0.0831. The van der Waals surface area contributed by atoms with Crippen molar-refractivity contribution < 1.29 is 0 Å². The Kier molecular flexibility index (Phi) is 6.26. The minimum atomic E-state index is 0.0828. The van der Waals surface area contributed by atoms with Gasteiger partial charge in [-0.25, -0.2) is 0 Å². The zero-order valence-corrected chi connectivity index (χ0v) is 12.2. The van der Waals surface area contributed by atoms with Gasteiger partial charge in [0.1, 0.15) is 0 Å². The molecule has 0 aliphatic carbocycles. The second-order valence-electron chi connectivity index (χ2n) is 4.83. The van der Waals surface area contributed by atoms with Crippen molar-refractivity contribution in [3.63, 3.8) is 0 Å². The van der Waals surface area contributed by atoms with E-state index in [1.807, 2.05) is 5.20 Å². The van der Waals surface area contributed by atoms with Crippen molar-refractivity contribution in [3.8, 4) is 0 Å². The van der Waals surface area contributed by atoms with Gasteiger partial charge in [0.05, 0.1) is 9.52 Å². The molecule has 0 N–H and O–H groups in total. The van der Waals surface area contributed by atoms with Crippen molar-refractivity contribution in [1.29, 1.82) is 0 Å². The molecule has 0 aromatic heterocycles. The van der Waals surface area contributed by atoms with Crippen LogP contribution in [-0.4, -0.2) is 34.1 Å². The molecule has 0 radical (unpaired) electrons. The third-order valence-corrected chi connectivity index (χ3v) is 5.19. The van der Waals surface area contributed by atoms with E-state index in [4.69, 9.17) is 0 Å². The molecule has 0 atom stereocenters. The van der Waals surface area contributed by atoms with Gasteiger partial charge < -0.3 is 4.90 Å². The third-order valence-electron chi connectivity index (χ3n) is 3.27. The molecule has 1 saturated heterocycles. The van der Waals surface area contributed by atoms with Gasteiger partial charge in [-0.1, -0.05) is 37.5 Å². The minimum Gasteiger partial charge on any atom is -0.301 e. The van der Waals surface area contributed by atoms with E-state index in [0.29, 0.717) is 0 Å². The Morgan fingerprint density at radius 3 is 2.20 bits per heavy atom. The van der Waals surface area contributed by atoms with Crippen LogP contribution in [0.1, 0.15) is 46.5 Å². The molecule has 1 nitrogen and oxygen atoms in total. The number of hydrogen-bond acceptors (Lipinski definition) is 1. The van der Waals surface area contributed by atoms with Crippen LogP contribution in [0.4, 0.5) is 0 Å². The first-order valence-electron chi connectivity index (χ1n) is 6.67. The first-order chi connectivity index (χ1) is 7.27. The summed E-state index contributed by atoms with van der Waals surface area (Å²) in [4.78, 5) is 2.56. The van der Waals surface area contributed by atoms with Crippen LogP contribution in [-0.2, 0) is 0 Å². The lowest BCUT2D eigenvalue weighted by Crippen LogP contribution is -2.06. The van der Waals surface area contributed by atoms with Gasteiger partial charge in [0.2, 0.25) is 0 Å². The van der Waals surface area contributed by atoms with E-state index in [9.17, 15) is 0 Å². The van der Waals surface area contributed by atoms with Gasteiger partial charge in [0, 0.05) is 13.1 Å². The fourth-order valence-corrected chi connectivity index (χ4v) is 4.04. The normalized spacial score (nSPS) is 16.2. The van der Waals surface area contributed by atoms with Gasteiger partial charge in [-0.3, -0.25) is 0 Å². The fourth-order valence-electron chi connectivity index (χ4n) is 2.19. The lowest BCUT2D eigenvalue weighted by atomic mass is 10.1. The highest BCUT2D eigenvalue weighted by atomic mass is 28.2. The molecule has 1 rings (SSSR count). The molecule has 0 unspecified atom stereocenters. The van der Waals surface area contributed by atoms with E-state index < -0.39 is 0 Å². The first-order valence-corrected chi connectivity index (χ1v) is 8.38. The summed E-state index contributed by atoms with van der Waals surface area (Å²) >= 11 is 0. The Bertz CT molecular complexity index is 199. The summed E-state index contributed by atoms with van der Waals surface area (Å²) in [6.07, 6.45) is 5.37. The van der Waals surface area contributed by atoms with Crippen LogP contribution in [0.2, 0.25) is 6.04 Å². The van der Waals surface area contributed by atoms with Crippen LogP contribution >= 0.6 is 0 Å². The van der Waals surface area contributed by atoms with Crippen LogP contribution < -0.4 is 0 Å². The summed E-state index contributed by atoms with van der Waals surface area (Å²) in [5.41, 5.74) is 1.80. The Balaban J connectivity index is 2.27. The van der Waals surface area contributed by atoms with Crippen molar-refractivity contribution in [3.05, 3.63) is 10.8 Å². The van der Waals surface area contributed by atoms with Crippen LogP contribution in [0.25, 0.3) is 0 Å². The zero-order chi connectivity index (χ0) is 11.1. The summed E-state index contributed by atoms with van der Waals surface area (Å²) in [5.74, 6) is 0. The molecule has 1 fully saturated rings. The van der Waals surface area contributed by atoms with E-state index in [0.717, 1.165) is 0 Å². The second-order valence-corrected chi connectivity index (χ2v) is 7.10. The molecule has 1 heterocycles. The Morgan fingerprint density at radius 2 is 1.73 bits per heavy atom. The molecule has 0 spiro atoms. The molecule has 0 amide bonds. The van der Waals surface area contributed by atoms with E-state index in [-0.39, 0.29) is 9.52 Å². The van der Waals surface area contributed by atoms with Gasteiger partial charge in [0.25, 0.3) is 0 Å². The summed E-state index contributed by atoms with van der Waals surface area (Å²) < 4.78 is 0. The van der Waals surface area contributed by atoms with Gasteiger partial charge in [-0.05, 0) is 32.4 Å². The van der Waals surface area contributed by atoms with Crippen LogP contribution in [0.3, 0.4) is 0 Å². The first kappa shape index (κ1) is 13.0. The van der Waals surface area contributed by atoms with Crippen LogP contribution in [0, 0.1) is 0 Å². The van der Waals surface area contributed by atoms with E-state index in [1.165, 1.54) is 51.4 Å². The average Bonchev–Trinajstić information content (AvgIpc) is 3.01. The summed E-state index contributed by atoms with van der Waals surface area (Å²) in [6.45, 7) is 11.1. The molecule has 1 aliphatic heterocycles. The highest BCUT2D eigenvalue weighted by molar-refractivity contribution is 6.45. The number of hydrogen-bond donors (Lipinski definition) is 0.